The second-order valence-electron chi connectivity index (χ2n) is 4.14. The summed E-state index contributed by atoms with van der Waals surface area (Å²) in [6.45, 7) is 0.0938. The number of carbonyl (C=O) groups excluding carboxylic acids is 2. The molecular formula is C11H9F2N5O2. The third-order valence-corrected chi connectivity index (χ3v) is 2.80. The molecule has 1 fully saturated rings. The molecule has 2 rings (SSSR count). The van der Waals surface area contributed by atoms with E-state index in [9.17, 15) is 18.4 Å². The second kappa shape index (κ2) is 5.54. The molecule has 0 spiro atoms. The zero-order valence-electron chi connectivity index (χ0n) is 10.1. The number of halogens is 2. The summed E-state index contributed by atoms with van der Waals surface area (Å²) in [6.07, 6.45) is -0.00825. The molecule has 1 unspecified atom stereocenters. The van der Waals surface area contributed by atoms with Gasteiger partial charge in [0, 0.05) is 34.7 Å². The van der Waals surface area contributed by atoms with E-state index >= 15 is 0 Å². The lowest BCUT2D eigenvalue weighted by atomic mass is 10.2. The highest BCUT2D eigenvalue weighted by Crippen LogP contribution is 2.23. The molecule has 1 aliphatic heterocycles. The monoisotopic (exact) mass is 281 g/mol. The highest BCUT2D eigenvalue weighted by Gasteiger charge is 2.31. The largest absolute Gasteiger partial charge is 0.345 e. The minimum atomic E-state index is -1.06. The number of hydrogen-bond donors (Lipinski definition) is 1. The molecule has 3 amide bonds. The summed E-state index contributed by atoms with van der Waals surface area (Å²) in [4.78, 5) is 26.4. The fourth-order valence-electron chi connectivity index (χ4n) is 1.95. The van der Waals surface area contributed by atoms with Gasteiger partial charge in [0.15, 0.2) is 11.6 Å². The van der Waals surface area contributed by atoms with Crippen LogP contribution in [0.15, 0.2) is 23.3 Å². The third kappa shape index (κ3) is 2.83. The minimum absolute atomic E-state index is 0.00825. The van der Waals surface area contributed by atoms with Crippen LogP contribution < -0.4 is 10.2 Å². The van der Waals surface area contributed by atoms with E-state index in [4.69, 9.17) is 5.53 Å². The average Bonchev–Trinajstić information content (AvgIpc) is 2.74. The van der Waals surface area contributed by atoms with Gasteiger partial charge in [-0.2, -0.15) is 0 Å². The highest BCUT2D eigenvalue weighted by molar-refractivity contribution is 5.96. The summed E-state index contributed by atoms with van der Waals surface area (Å²) >= 11 is 0. The van der Waals surface area contributed by atoms with Crippen LogP contribution in [0.3, 0.4) is 0 Å². The van der Waals surface area contributed by atoms with Crippen molar-refractivity contribution in [1.82, 2.24) is 5.32 Å². The van der Waals surface area contributed by atoms with Crippen LogP contribution in [0.5, 0.6) is 0 Å². The molecule has 1 aromatic rings. The summed E-state index contributed by atoms with van der Waals surface area (Å²) in [5, 5.41) is 5.17. The standard InChI is InChI=1S/C11H9F2N5O2/c12-8-2-1-7(4-9(8)13)18-5-6(3-10(18)19)15-11(20)16-17-14/h1-2,4,6H,3,5H2,(H,15,20). The number of anilines is 1. The van der Waals surface area contributed by atoms with Gasteiger partial charge in [0.25, 0.3) is 0 Å². The fourth-order valence-corrected chi connectivity index (χ4v) is 1.95. The van der Waals surface area contributed by atoms with Crippen LogP contribution in [0.4, 0.5) is 19.3 Å². The van der Waals surface area contributed by atoms with Crippen LogP contribution in [0.2, 0.25) is 0 Å². The van der Waals surface area contributed by atoms with Gasteiger partial charge in [-0.15, -0.1) is 0 Å². The van der Waals surface area contributed by atoms with Gasteiger partial charge >= 0.3 is 6.03 Å². The summed E-state index contributed by atoms with van der Waals surface area (Å²) in [6, 6.07) is 1.66. The molecule has 0 aliphatic carbocycles. The predicted octanol–water partition coefficient (Wildman–Crippen LogP) is 2.09. The van der Waals surface area contributed by atoms with E-state index in [0.717, 1.165) is 12.1 Å². The lowest BCUT2D eigenvalue weighted by Gasteiger charge is -2.17. The number of carbonyl (C=O) groups is 2. The van der Waals surface area contributed by atoms with Crippen LogP contribution in [-0.2, 0) is 4.79 Å². The SMILES string of the molecule is [N-]=[N+]=NC(=O)NC1CC(=O)N(c2ccc(F)c(F)c2)C1. The lowest BCUT2D eigenvalue weighted by molar-refractivity contribution is -0.117. The Morgan fingerprint density at radius 2 is 2.20 bits per heavy atom. The van der Waals surface area contributed by atoms with Crippen LogP contribution in [-0.4, -0.2) is 24.5 Å². The minimum Gasteiger partial charge on any atom is -0.345 e. The zero-order valence-corrected chi connectivity index (χ0v) is 10.1. The van der Waals surface area contributed by atoms with E-state index in [1.54, 1.807) is 0 Å². The van der Waals surface area contributed by atoms with E-state index in [-0.39, 0.29) is 24.6 Å². The first-order chi connectivity index (χ1) is 9.51. The number of nitrogens with one attached hydrogen (secondary N) is 1. The number of hydrogen-bond acceptors (Lipinski definition) is 2. The number of nitrogens with zero attached hydrogens (tertiary/aromatic N) is 4. The van der Waals surface area contributed by atoms with Crippen molar-refractivity contribution in [2.75, 3.05) is 11.4 Å². The normalized spacial score (nSPS) is 17.8. The summed E-state index contributed by atoms with van der Waals surface area (Å²) in [7, 11) is 0. The Balaban J connectivity index is 2.10. The molecule has 1 saturated heterocycles. The summed E-state index contributed by atoms with van der Waals surface area (Å²) in [5.74, 6) is -2.41. The number of rotatable bonds is 2. The maximum absolute atomic E-state index is 13.1. The van der Waals surface area contributed by atoms with Gasteiger partial charge < -0.3 is 10.2 Å². The van der Waals surface area contributed by atoms with Gasteiger partial charge in [0.1, 0.15) is 0 Å². The van der Waals surface area contributed by atoms with Crippen LogP contribution in [0, 0.1) is 11.6 Å². The topological polar surface area (TPSA) is 98.2 Å². The van der Waals surface area contributed by atoms with Crippen LogP contribution >= 0.6 is 0 Å². The molecule has 7 nitrogen and oxygen atoms in total. The molecular weight excluding hydrogens is 272 g/mol. The number of benzene rings is 1. The van der Waals surface area contributed by atoms with Crippen molar-refractivity contribution < 1.29 is 18.4 Å². The van der Waals surface area contributed by atoms with Gasteiger partial charge in [-0.3, -0.25) is 9.59 Å². The number of azide groups is 1. The van der Waals surface area contributed by atoms with Gasteiger partial charge in [-0.25, -0.2) is 8.78 Å². The van der Waals surface area contributed by atoms with E-state index in [0.29, 0.717) is 0 Å². The van der Waals surface area contributed by atoms with Crippen molar-refractivity contribution >= 4 is 17.6 Å². The van der Waals surface area contributed by atoms with Crippen LogP contribution in [0.25, 0.3) is 10.4 Å². The van der Waals surface area contributed by atoms with Crippen molar-refractivity contribution in [2.45, 2.75) is 12.5 Å². The van der Waals surface area contributed by atoms with E-state index in [1.165, 1.54) is 11.0 Å². The molecule has 104 valence electrons. The fraction of sp³-hybridized carbons (Fsp3) is 0.273. The molecule has 0 bridgehead atoms. The molecule has 0 aromatic heterocycles. The van der Waals surface area contributed by atoms with Gasteiger partial charge in [-0.05, 0) is 17.7 Å². The Kier molecular flexibility index (Phi) is 3.81. The Morgan fingerprint density at radius 3 is 2.85 bits per heavy atom. The Bertz CT molecular complexity index is 615. The molecule has 1 aliphatic rings. The molecule has 1 N–H and O–H groups in total. The molecule has 1 aromatic carbocycles. The third-order valence-electron chi connectivity index (χ3n) is 2.80. The molecule has 9 heteroatoms. The molecule has 0 saturated carbocycles. The van der Waals surface area contributed by atoms with Crippen molar-refractivity contribution in [3.05, 3.63) is 40.3 Å². The zero-order chi connectivity index (χ0) is 14.7. The maximum Gasteiger partial charge on any atom is 0.308 e. The Morgan fingerprint density at radius 1 is 1.45 bits per heavy atom. The average molecular weight is 281 g/mol. The van der Waals surface area contributed by atoms with Gasteiger partial charge in [-0.1, -0.05) is 0 Å². The lowest BCUT2D eigenvalue weighted by Crippen LogP contribution is -2.35. The van der Waals surface area contributed by atoms with E-state index < -0.39 is 23.7 Å². The number of amides is 3. The first-order valence-electron chi connectivity index (χ1n) is 5.62. The summed E-state index contributed by atoms with van der Waals surface area (Å²) < 4.78 is 26.0. The first-order valence-corrected chi connectivity index (χ1v) is 5.62. The molecule has 0 radical (unpaired) electrons. The van der Waals surface area contributed by atoms with Crippen molar-refractivity contribution in [1.29, 1.82) is 0 Å². The maximum atomic E-state index is 13.1. The molecule has 1 atom stereocenters. The van der Waals surface area contributed by atoms with Crippen LogP contribution in [0.1, 0.15) is 6.42 Å². The quantitative estimate of drug-likeness (QED) is 0.510. The number of urea groups is 1. The van der Waals surface area contributed by atoms with Crippen molar-refractivity contribution in [3.63, 3.8) is 0 Å². The summed E-state index contributed by atoms with van der Waals surface area (Å²) in [5.41, 5.74) is 8.30. The van der Waals surface area contributed by atoms with E-state index in [1.807, 2.05) is 0 Å². The smallest absolute Gasteiger partial charge is 0.308 e. The van der Waals surface area contributed by atoms with Gasteiger partial charge in [0.2, 0.25) is 5.91 Å². The van der Waals surface area contributed by atoms with Crippen molar-refractivity contribution in [2.24, 2.45) is 5.11 Å². The Labute approximate surface area is 111 Å². The molecule has 1 heterocycles. The molecule has 20 heavy (non-hydrogen) atoms. The Hall–Kier alpha value is -2.67. The van der Waals surface area contributed by atoms with E-state index in [2.05, 4.69) is 15.3 Å². The predicted molar refractivity (Wildman–Crippen MR) is 64.8 cm³/mol. The van der Waals surface area contributed by atoms with Gasteiger partial charge in [0.05, 0.1) is 6.04 Å². The highest BCUT2D eigenvalue weighted by atomic mass is 19.2. The van der Waals surface area contributed by atoms with Crippen molar-refractivity contribution in [3.8, 4) is 0 Å². The first kappa shape index (κ1) is 13.8. The second-order valence-corrected chi connectivity index (χ2v) is 4.14.